The molecule has 1 aliphatic rings. The van der Waals surface area contributed by atoms with Crippen LogP contribution in [0.1, 0.15) is 48.6 Å². The minimum atomic E-state index is -0.201. The molecule has 1 N–H and O–H groups in total. The molecule has 2 aromatic carbocycles. The molecule has 0 atom stereocenters. The number of nitrogens with one attached hydrogen (secondary N) is 1. The van der Waals surface area contributed by atoms with Gasteiger partial charge in [-0.15, -0.1) is 0 Å². The number of hydrogen-bond acceptors (Lipinski definition) is 3. The molecule has 33 heavy (non-hydrogen) atoms. The van der Waals surface area contributed by atoms with E-state index in [0.717, 1.165) is 53.7 Å². The van der Waals surface area contributed by atoms with Gasteiger partial charge in [-0.05, 0) is 50.1 Å². The zero-order valence-electron chi connectivity index (χ0n) is 18.4. The summed E-state index contributed by atoms with van der Waals surface area (Å²) in [5.74, 6) is 0.315. The van der Waals surface area contributed by atoms with Crippen molar-refractivity contribution in [2.75, 3.05) is 0 Å². The van der Waals surface area contributed by atoms with Gasteiger partial charge in [-0.3, -0.25) is 9.36 Å². The van der Waals surface area contributed by atoms with E-state index in [-0.39, 0.29) is 5.56 Å². The minimum Gasteiger partial charge on any atom is -0.340 e. The Morgan fingerprint density at radius 2 is 1.85 bits per heavy atom. The number of H-pyrrole nitrogens is 1. The lowest BCUT2D eigenvalue weighted by Gasteiger charge is -2.11. The van der Waals surface area contributed by atoms with Crippen molar-refractivity contribution in [3.63, 3.8) is 0 Å². The average molecular weight is 434 g/mol. The van der Waals surface area contributed by atoms with E-state index in [4.69, 9.17) is 0 Å². The predicted octanol–water partition coefficient (Wildman–Crippen LogP) is 5.50. The summed E-state index contributed by atoms with van der Waals surface area (Å²) >= 11 is 0. The monoisotopic (exact) mass is 433 g/mol. The van der Waals surface area contributed by atoms with Crippen LogP contribution < -0.4 is 5.56 Å². The van der Waals surface area contributed by atoms with E-state index in [2.05, 4.69) is 38.8 Å². The topological polar surface area (TPSA) is 79.4 Å². The normalized spacial score (nSPS) is 14.3. The number of aromatic amines is 1. The van der Waals surface area contributed by atoms with Gasteiger partial charge in [0.15, 0.2) is 5.65 Å². The molecule has 1 aliphatic carbocycles. The van der Waals surface area contributed by atoms with Crippen molar-refractivity contribution in [1.29, 1.82) is 5.26 Å². The quantitative estimate of drug-likeness (QED) is 0.408. The fourth-order valence-electron chi connectivity index (χ4n) is 5.22. The van der Waals surface area contributed by atoms with Crippen molar-refractivity contribution in [1.82, 2.24) is 19.1 Å². The second-order valence-corrected chi connectivity index (χ2v) is 8.81. The molecule has 0 saturated heterocycles. The summed E-state index contributed by atoms with van der Waals surface area (Å²) in [6.07, 6.45) is 6.48. The van der Waals surface area contributed by atoms with E-state index < -0.39 is 0 Å². The highest BCUT2D eigenvalue weighted by molar-refractivity contribution is 5.87. The van der Waals surface area contributed by atoms with Crippen molar-refractivity contribution in [2.45, 2.75) is 38.5 Å². The number of aryl methyl sites for hydroxylation is 1. The van der Waals surface area contributed by atoms with Gasteiger partial charge < -0.3 is 9.55 Å². The van der Waals surface area contributed by atoms with E-state index in [9.17, 15) is 10.1 Å². The molecule has 0 radical (unpaired) electrons. The van der Waals surface area contributed by atoms with Crippen LogP contribution in [0.2, 0.25) is 0 Å². The van der Waals surface area contributed by atoms with Gasteiger partial charge >= 0.3 is 0 Å². The summed E-state index contributed by atoms with van der Waals surface area (Å²) < 4.78 is 3.77. The maximum atomic E-state index is 13.4. The Bertz CT molecular complexity index is 1610. The molecule has 5 aromatic rings. The molecular weight excluding hydrogens is 410 g/mol. The van der Waals surface area contributed by atoms with Crippen molar-refractivity contribution in [2.24, 2.45) is 0 Å². The third kappa shape index (κ3) is 3.00. The summed E-state index contributed by atoms with van der Waals surface area (Å²) in [7, 11) is 0. The molecule has 0 amide bonds. The fourth-order valence-corrected chi connectivity index (χ4v) is 5.22. The first-order chi connectivity index (χ1) is 16.2. The van der Waals surface area contributed by atoms with Gasteiger partial charge in [0.2, 0.25) is 0 Å². The summed E-state index contributed by atoms with van der Waals surface area (Å²) in [5.41, 5.74) is 5.63. The number of hydrogen-bond donors (Lipinski definition) is 1. The number of fused-ring (bicyclic) bond motifs is 2. The molecule has 6 rings (SSSR count). The number of aromatic nitrogens is 4. The van der Waals surface area contributed by atoms with Crippen LogP contribution in [-0.4, -0.2) is 19.1 Å². The SMILES string of the molecule is Cc1nc2[nH]c(C3CCCC3)c(C#N)c2n(-c2ccc3ccn(-c4ccccc4)c3c2)c1=O. The van der Waals surface area contributed by atoms with Crippen molar-refractivity contribution in [3.05, 3.63) is 88.1 Å². The average Bonchev–Trinajstić information content (AvgIpc) is 3.58. The van der Waals surface area contributed by atoms with E-state index in [0.29, 0.717) is 28.3 Å². The van der Waals surface area contributed by atoms with Crippen molar-refractivity contribution < 1.29 is 0 Å². The second kappa shape index (κ2) is 7.49. The van der Waals surface area contributed by atoms with Crippen LogP contribution >= 0.6 is 0 Å². The maximum absolute atomic E-state index is 13.4. The molecule has 6 heteroatoms. The first kappa shape index (κ1) is 19.6. The Morgan fingerprint density at radius 3 is 2.61 bits per heavy atom. The Balaban J connectivity index is 1.63. The minimum absolute atomic E-state index is 0.201. The van der Waals surface area contributed by atoms with E-state index in [1.807, 2.05) is 42.6 Å². The third-order valence-electron chi connectivity index (χ3n) is 6.84. The highest BCUT2D eigenvalue weighted by atomic mass is 16.1. The van der Waals surface area contributed by atoms with E-state index in [1.165, 1.54) is 0 Å². The number of benzene rings is 2. The highest BCUT2D eigenvalue weighted by Crippen LogP contribution is 2.37. The summed E-state index contributed by atoms with van der Waals surface area (Å²) in [6.45, 7) is 1.73. The highest BCUT2D eigenvalue weighted by Gasteiger charge is 2.26. The Kier molecular flexibility index (Phi) is 4.44. The van der Waals surface area contributed by atoms with Gasteiger partial charge in [-0.1, -0.05) is 37.1 Å². The lowest BCUT2D eigenvalue weighted by molar-refractivity contribution is 0.702. The largest absolute Gasteiger partial charge is 0.340 e. The van der Waals surface area contributed by atoms with Gasteiger partial charge in [0.25, 0.3) is 5.56 Å². The van der Waals surface area contributed by atoms with Gasteiger partial charge in [0, 0.05) is 28.9 Å². The predicted molar refractivity (Wildman–Crippen MR) is 129 cm³/mol. The van der Waals surface area contributed by atoms with Gasteiger partial charge in [-0.2, -0.15) is 5.26 Å². The Hall–Kier alpha value is -4.11. The summed E-state index contributed by atoms with van der Waals surface area (Å²) in [4.78, 5) is 21.3. The second-order valence-electron chi connectivity index (χ2n) is 8.81. The molecule has 0 unspecified atom stereocenters. The Morgan fingerprint density at radius 1 is 1.06 bits per heavy atom. The molecule has 6 nitrogen and oxygen atoms in total. The van der Waals surface area contributed by atoms with Crippen LogP contribution in [0, 0.1) is 18.3 Å². The Labute approximate surface area is 190 Å². The molecule has 1 saturated carbocycles. The van der Waals surface area contributed by atoms with Crippen molar-refractivity contribution >= 4 is 22.1 Å². The van der Waals surface area contributed by atoms with E-state index in [1.54, 1.807) is 11.5 Å². The first-order valence-electron chi connectivity index (χ1n) is 11.4. The lowest BCUT2D eigenvalue weighted by Crippen LogP contribution is -2.22. The van der Waals surface area contributed by atoms with Crippen LogP contribution in [0.5, 0.6) is 0 Å². The van der Waals surface area contributed by atoms with Crippen LogP contribution in [0.4, 0.5) is 0 Å². The van der Waals surface area contributed by atoms with Crippen LogP contribution in [-0.2, 0) is 0 Å². The van der Waals surface area contributed by atoms with Gasteiger partial charge in [-0.25, -0.2) is 4.98 Å². The van der Waals surface area contributed by atoms with Crippen LogP contribution in [0.3, 0.4) is 0 Å². The third-order valence-corrected chi connectivity index (χ3v) is 6.84. The van der Waals surface area contributed by atoms with Crippen molar-refractivity contribution in [3.8, 4) is 17.4 Å². The fraction of sp³-hybridized carbons (Fsp3) is 0.222. The smallest absolute Gasteiger partial charge is 0.277 e. The molecule has 3 heterocycles. The standard InChI is InChI=1S/C27H23N5O/c1-17-27(33)32(25-22(16-28)24(30-26(25)29-17)19-7-5-6-8-19)21-12-11-18-13-14-31(23(18)15-21)20-9-3-2-4-10-20/h2-4,9-15,19,30H,5-8H2,1H3. The molecule has 0 aliphatic heterocycles. The van der Waals surface area contributed by atoms with Gasteiger partial charge in [0.1, 0.15) is 17.3 Å². The molecule has 3 aromatic heterocycles. The lowest BCUT2D eigenvalue weighted by atomic mass is 10.0. The molecule has 0 bridgehead atoms. The number of para-hydroxylation sites is 1. The molecule has 1 fully saturated rings. The molecule has 0 spiro atoms. The number of nitriles is 1. The van der Waals surface area contributed by atoms with Crippen LogP contribution in [0.25, 0.3) is 33.4 Å². The summed E-state index contributed by atoms with van der Waals surface area (Å²) in [5, 5.41) is 11.2. The van der Waals surface area contributed by atoms with Gasteiger partial charge in [0.05, 0.1) is 16.8 Å². The molecular formula is C27H23N5O. The zero-order chi connectivity index (χ0) is 22.5. The zero-order valence-corrected chi connectivity index (χ0v) is 18.4. The molecule has 162 valence electrons. The number of nitrogens with zero attached hydrogens (tertiary/aromatic N) is 4. The summed E-state index contributed by atoms with van der Waals surface area (Å²) in [6, 6.07) is 20.6. The van der Waals surface area contributed by atoms with E-state index >= 15 is 0 Å². The first-order valence-corrected chi connectivity index (χ1v) is 11.4. The number of rotatable bonds is 3. The van der Waals surface area contributed by atoms with Crippen LogP contribution in [0.15, 0.2) is 65.6 Å². The maximum Gasteiger partial charge on any atom is 0.277 e.